The van der Waals surface area contributed by atoms with E-state index in [1.165, 1.54) is 60.8 Å². The van der Waals surface area contributed by atoms with Gasteiger partial charge in [0.25, 0.3) is 5.91 Å². The summed E-state index contributed by atoms with van der Waals surface area (Å²) in [6, 6.07) is 15.4. The van der Waals surface area contributed by atoms with Crippen LogP contribution in [0.1, 0.15) is 58.8 Å². The van der Waals surface area contributed by atoms with Crippen LogP contribution in [0.2, 0.25) is 5.02 Å². The lowest BCUT2D eigenvalue weighted by molar-refractivity contribution is -0.120. The number of piperidine rings is 1. The molecule has 3 aliphatic rings. The van der Waals surface area contributed by atoms with E-state index in [0.717, 1.165) is 43.5 Å². The van der Waals surface area contributed by atoms with Crippen LogP contribution in [0, 0.1) is 5.82 Å². The third kappa shape index (κ3) is 6.88. The molecular weight excluding hydrogens is 647 g/mol. The van der Waals surface area contributed by atoms with Crippen LogP contribution in [0.5, 0.6) is 0 Å². The highest BCUT2D eigenvalue weighted by atomic mass is 35.5. The number of carboxylic acid groups (broad SMARTS) is 1. The number of carbonyl (C=O) groups excluding carboxylic acids is 1. The van der Waals surface area contributed by atoms with Crippen molar-refractivity contribution in [3.05, 3.63) is 106 Å². The predicted molar refractivity (Wildman–Crippen MR) is 185 cm³/mol. The third-order valence-corrected chi connectivity index (χ3v) is 10.2. The van der Waals surface area contributed by atoms with Gasteiger partial charge in [-0.1, -0.05) is 29.8 Å². The van der Waals surface area contributed by atoms with E-state index in [-0.39, 0.29) is 22.9 Å². The fourth-order valence-electron chi connectivity index (χ4n) is 7.47. The second-order valence-electron chi connectivity index (χ2n) is 12.8. The van der Waals surface area contributed by atoms with E-state index in [0.29, 0.717) is 29.5 Å². The summed E-state index contributed by atoms with van der Waals surface area (Å²) in [5.74, 6) is -1.84. The number of likely N-dealkylation sites (tertiary alicyclic amines) is 1. The fourth-order valence-corrected chi connectivity index (χ4v) is 7.65. The lowest BCUT2D eigenvalue weighted by Crippen LogP contribution is -2.45. The maximum atomic E-state index is 15.3. The molecule has 0 saturated carbocycles. The minimum Gasteiger partial charge on any atom is -0.478 e. The van der Waals surface area contributed by atoms with Crippen molar-refractivity contribution < 1.29 is 19.1 Å². The monoisotopic (exact) mass is 684 g/mol. The number of amides is 1. The van der Waals surface area contributed by atoms with E-state index in [9.17, 15) is 14.7 Å². The molecule has 11 nitrogen and oxygen atoms in total. The van der Waals surface area contributed by atoms with Crippen LogP contribution < -0.4 is 10.2 Å². The quantitative estimate of drug-likeness (QED) is 0.235. The Labute approximate surface area is 288 Å². The minimum absolute atomic E-state index is 0.00436. The van der Waals surface area contributed by atoms with E-state index in [2.05, 4.69) is 36.7 Å². The maximum Gasteiger partial charge on any atom is 0.335 e. The molecule has 0 bridgehead atoms. The molecule has 49 heavy (non-hydrogen) atoms. The smallest absolute Gasteiger partial charge is 0.335 e. The molecule has 0 radical (unpaired) electrons. The van der Waals surface area contributed by atoms with Crippen molar-refractivity contribution in [1.29, 1.82) is 0 Å². The first-order valence-corrected chi connectivity index (χ1v) is 17.1. The number of fused-ring (bicyclic) bond motifs is 1. The zero-order chi connectivity index (χ0) is 33.9. The van der Waals surface area contributed by atoms with E-state index in [1.54, 1.807) is 18.2 Å². The lowest BCUT2D eigenvalue weighted by atomic mass is 9.89. The number of nitrogens with one attached hydrogen (secondary N) is 1. The predicted octanol–water partition coefficient (Wildman–Crippen LogP) is 5.51. The van der Waals surface area contributed by atoms with Gasteiger partial charge in [-0.25, -0.2) is 13.9 Å². The van der Waals surface area contributed by atoms with Gasteiger partial charge in [-0.2, -0.15) is 0 Å². The second kappa shape index (κ2) is 14.4. The topological polar surface area (TPSA) is 120 Å². The number of carboxylic acids is 1. The Kier molecular flexibility index (Phi) is 9.58. The number of carbonyl (C=O) groups is 2. The molecule has 1 aromatic heterocycles. The van der Waals surface area contributed by atoms with Gasteiger partial charge in [0.05, 0.1) is 16.3 Å². The summed E-state index contributed by atoms with van der Waals surface area (Å²) < 4.78 is 16.7. The molecule has 13 heteroatoms. The summed E-state index contributed by atoms with van der Waals surface area (Å²) in [6.07, 6.45) is 10.8. The number of rotatable bonds is 9. The van der Waals surface area contributed by atoms with Gasteiger partial charge >= 0.3 is 5.97 Å². The summed E-state index contributed by atoms with van der Waals surface area (Å²) in [4.78, 5) is 32.6. The standard InChI is InChI=1S/C36H38ClFN8O3/c37-30-12-13-32(46-23-39-41-42-46)29(33(30)38)6-4-19-45-22-16-27-28(34(45)35(47)40-25-10-8-24(9-11-25)36(48)49)5-3-7-31(27)44-20-14-26(15-21-44)43-17-1-2-18-43/h3-5,7-13,19,23,26,34H,1-2,6,14-18,20-22H2,(H,40,47)(H,48,49)/b19-4+. The van der Waals surface area contributed by atoms with Crippen LogP contribution >= 0.6 is 11.6 Å². The van der Waals surface area contributed by atoms with Gasteiger partial charge in [-0.15, -0.1) is 5.10 Å². The number of aromatic carboxylic acids is 1. The second-order valence-corrected chi connectivity index (χ2v) is 13.2. The van der Waals surface area contributed by atoms with E-state index in [1.807, 2.05) is 29.3 Å². The molecule has 3 aliphatic heterocycles. The summed E-state index contributed by atoms with van der Waals surface area (Å²) >= 11 is 6.16. The van der Waals surface area contributed by atoms with Crippen LogP contribution in [0.25, 0.3) is 5.69 Å². The lowest BCUT2D eigenvalue weighted by Gasteiger charge is -2.41. The molecule has 2 saturated heterocycles. The third-order valence-electron chi connectivity index (χ3n) is 9.93. The molecule has 1 unspecified atom stereocenters. The molecule has 4 aromatic rings. The number of halogens is 2. The van der Waals surface area contributed by atoms with E-state index < -0.39 is 17.8 Å². The van der Waals surface area contributed by atoms with Crippen LogP contribution in [-0.4, -0.2) is 85.8 Å². The number of nitrogens with zero attached hydrogens (tertiary/aromatic N) is 7. The summed E-state index contributed by atoms with van der Waals surface area (Å²) in [7, 11) is 0. The van der Waals surface area contributed by atoms with Gasteiger partial charge in [0.2, 0.25) is 0 Å². The molecule has 2 N–H and O–H groups in total. The molecular formula is C36H38ClFN8O3. The van der Waals surface area contributed by atoms with Crippen LogP contribution in [-0.2, 0) is 17.6 Å². The number of tetrazole rings is 1. The normalized spacial score (nSPS) is 18.6. The Hall–Kier alpha value is -4.81. The van der Waals surface area contributed by atoms with Crippen LogP contribution in [0.3, 0.4) is 0 Å². The number of anilines is 2. The van der Waals surface area contributed by atoms with E-state index >= 15 is 4.39 Å². The highest BCUT2D eigenvalue weighted by Gasteiger charge is 2.35. The van der Waals surface area contributed by atoms with Gasteiger partial charge in [-0.3, -0.25) is 4.79 Å². The van der Waals surface area contributed by atoms with Crippen molar-refractivity contribution >= 4 is 34.9 Å². The molecule has 3 aromatic carbocycles. The zero-order valence-electron chi connectivity index (χ0n) is 27.0. The van der Waals surface area contributed by atoms with E-state index in [4.69, 9.17) is 11.6 Å². The Morgan fingerprint density at radius 1 is 0.980 bits per heavy atom. The van der Waals surface area contributed by atoms with Gasteiger partial charge < -0.3 is 25.1 Å². The van der Waals surface area contributed by atoms with Gasteiger partial charge in [0.15, 0.2) is 0 Å². The SMILES string of the molecule is O=C(O)c1ccc(NC(=O)C2c3cccc(N4CCC(N5CCCC5)CC4)c3CCN2/C=C/Cc2c(-n3cnnn3)ccc(Cl)c2F)cc1. The number of aromatic nitrogens is 4. The first kappa shape index (κ1) is 32.7. The number of benzene rings is 3. The highest BCUT2D eigenvalue weighted by molar-refractivity contribution is 6.30. The van der Waals surface area contributed by atoms with Crippen molar-refractivity contribution in [2.45, 2.75) is 50.6 Å². The number of hydrogen-bond donors (Lipinski definition) is 2. The molecule has 0 spiro atoms. The molecule has 7 rings (SSSR count). The first-order chi connectivity index (χ1) is 23.9. The first-order valence-electron chi connectivity index (χ1n) is 16.7. The average molecular weight is 685 g/mol. The van der Waals surface area contributed by atoms with Gasteiger partial charge in [-0.05, 0) is 122 Å². The van der Waals surface area contributed by atoms with Crippen LogP contribution in [0.4, 0.5) is 15.8 Å². The number of allylic oxidation sites excluding steroid dienone is 1. The summed E-state index contributed by atoms with van der Waals surface area (Å²) in [5.41, 5.74) is 4.69. The van der Waals surface area contributed by atoms with Crippen molar-refractivity contribution in [2.24, 2.45) is 0 Å². The zero-order valence-corrected chi connectivity index (χ0v) is 27.8. The Bertz CT molecular complexity index is 1840. The fraction of sp³-hybridized carbons (Fsp3) is 0.361. The molecule has 0 aliphatic carbocycles. The molecule has 1 amide bonds. The highest BCUT2D eigenvalue weighted by Crippen LogP contribution is 2.38. The summed E-state index contributed by atoms with van der Waals surface area (Å²) in [6.45, 7) is 4.92. The molecule has 1 atom stereocenters. The van der Waals surface area contributed by atoms with Crippen molar-refractivity contribution in [3.63, 3.8) is 0 Å². The maximum absolute atomic E-state index is 15.3. The Morgan fingerprint density at radius 2 is 1.76 bits per heavy atom. The van der Waals surface area contributed by atoms with Gasteiger partial charge in [0.1, 0.15) is 18.2 Å². The minimum atomic E-state index is -1.04. The number of hydrogen-bond acceptors (Lipinski definition) is 8. The molecule has 254 valence electrons. The van der Waals surface area contributed by atoms with Crippen molar-refractivity contribution in [3.8, 4) is 5.69 Å². The van der Waals surface area contributed by atoms with Crippen molar-refractivity contribution in [1.82, 2.24) is 30.0 Å². The Morgan fingerprint density at radius 3 is 2.47 bits per heavy atom. The van der Waals surface area contributed by atoms with Crippen LogP contribution in [0.15, 0.2) is 73.2 Å². The average Bonchev–Trinajstić information content (AvgIpc) is 3.86. The van der Waals surface area contributed by atoms with Gasteiger partial charge in [0, 0.05) is 42.6 Å². The van der Waals surface area contributed by atoms with Crippen molar-refractivity contribution in [2.75, 3.05) is 42.9 Å². The molecule has 4 heterocycles. The molecule has 2 fully saturated rings. The largest absolute Gasteiger partial charge is 0.478 e. The summed E-state index contributed by atoms with van der Waals surface area (Å²) in [5, 5.41) is 23.6. The Balaban J connectivity index is 1.17.